The van der Waals surface area contributed by atoms with Gasteiger partial charge < -0.3 is 5.73 Å². The van der Waals surface area contributed by atoms with E-state index in [2.05, 4.69) is 48.5 Å². The summed E-state index contributed by atoms with van der Waals surface area (Å²) < 4.78 is 1.96. The number of nitrogens with zero attached hydrogens (tertiary/aromatic N) is 2. The number of pyridine rings is 1. The van der Waals surface area contributed by atoms with Crippen LogP contribution < -0.4 is 5.73 Å². The molecule has 1 heterocycles. The van der Waals surface area contributed by atoms with Gasteiger partial charge in [0, 0.05) is 40.7 Å². The van der Waals surface area contributed by atoms with Crippen molar-refractivity contribution in [3.63, 3.8) is 0 Å². The third-order valence-corrected chi connectivity index (χ3v) is 3.73. The maximum atomic E-state index is 5.61. The zero-order valence-electron chi connectivity index (χ0n) is 8.95. The van der Waals surface area contributed by atoms with Crippen LogP contribution in [0, 0.1) is 3.57 Å². The molecule has 0 aromatic carbocycles. The smallest absolute Gasteiger partial charge is 0.105 e. The van der Waals surface area contributed by atoms with Gasteiger partial charge in [0.25, 0.3) is 0 Å². The molecule has 0 aliphatic rings. The predicted molar refractivity (Wildman–Crippen MR) is 79.8 cm³/mol. The van der Waals surface area contributed by atoms with Crippen molar-refractivity contribution in [2.75, 3.05) is 6.54 Å². The molecule has 0 aliphatic heterocycles. The Morgan fingerprint density at radius 2 is 2.44 bits per heavy atom. The zero-order valence-corrected chi connectivity index (χ0v) is 12.7. The number of hydrogen-bond donors (Lipinski definition) is 1. The van der Waals surface area contributed by atoms with Crippen LogP contribution in [0.4, 0.5) is 0 Å². The molecule has 86 valence electrons. The van der Waals surface area contributed by atoms with E-state index in [1.807, 2.05) is 19.2 Å². The number of aromatic nitrogens is 1. The maximum absolute atomic E-state index is 5.61. The summed E-state index contributed by atoms with van der Waals surface area (Å²) in [5.74, 6) is 0. The van der Waals surface area contributed by atoms with Gasteiger partial charge in [-0.05, 0) is 57.1 Å². The summed E-state index contributed by atoms with van der Waals surface area (Å²) in [6.45, 7) is 2.73. The van der Waals surface area contributed by atoms with E-state index in [1.54, 1.807) is 12.4 Å². The van der Waals surface area contributed by atoms with Crippen LogP contribution in [0.1, 0.15) is 12.5 Å². The fraction of sp³-hybridized carbons (Fsp3) is 0.273. The molecular formula is C11H13BrIN3. The first-order valence-electron chi connectivity index (χ1n) is 4.88. The molecule has 0 unspecified atom stereocenters. The molecule has 0 bridgehead atoms. The Labute approximate surface area is 118 Å². The van der Waals surface area contributed by atoms with Crippen molar-refractivity contribution in [2.24, 2.45) is 10.7 Å². The molecule has 5 heteroatoms. The molecule has 0 saturated heterocycles. The Bertz CT molecular complexity index is 415. The molecule has 2 N–H and O–H groups in total. The van der Waals surface area contributed by atoms with Crippen LogP contribution in [0.25, 0.3) is 0 Å². The fourth-order valence-corrected chi connectivity index (χ4v) is 2.25. The Morgan fingerprint density at radius 1 is 1.69 bits per heavy atom. The number of nitrogens with two attached hydrogens (primary N) is 1. The van der Waals surface area contributed by atoms with E-state index in [1.165, 1.54) is 5.56 Å². The summed E-state index contributed by atoms with van der Waals surface area (Å²) in [4.78, 5) is 8.35. The molecule has 0 radical (unpaired) electrons. The van der Waals surface area contributed by atoms with Crippen molar-refractivity contribution in [2.45, 2.75) is 13.3 Å². The van der Waals surface area contributed by atoms with Gasteiger partial charge in [0.05, 0.1) is 0 Å². The summed E-state index contributed by atoms with van der Waals surface area (Å²) in [7, 11) is 0. The maximum Gasteiger partial charge on any atom is 0.105 e. The molecule has 0 amide bonds. The first kappa shape index (κ1) is 13.6. The molecular weight excluding hydrogens is 381 g/mol. The number of aliphatic imine (C=N–C) groups is 1. The lowest BCUT2D eigenvalue weighted by Gasteiger charge is -2.06. The predicted octanol–water partition coefficient (Wildman–Crippen LogP) is 2.88. The number of rotatable bonds is 4. The van der Waals surface area contributed by atoms with Crippen molar-refractivity contribution < 1.29 is 0 Å². The van der Waals surface area contributed by atoms with Crippen molar-refractivity contribution in [1.29, 1.82) is 0 Å². The summed E-state index contributed by atoms with van der Waals surface area (Å²) >= 11 is 5.70. The third-order valence-electron chi connectivity index (χ3n) is 2.00. The van der Waals surface area contributed by atoms with E-state index in [-0.39, 0.29) is 0 Å². The third kappa shape index (κ3) is 3.86. The number of halogens is 2. The SMILES string of the molecule is CCN=C(Br)C(=CN)Cc1ccncc1I. The van der Waals surface area contributed by atoms with Crippen LogP contribution in [0.5, 0.6) is 0 Å². The second-order valence-electron chi connectivity index (χ2n) is 3.10. The van der Waals surface area contributed by atoms with E-state index >= 15 is 0 Å². The quantitative estimate of drug-likeness (QED) is 0.631. The van der Waals surface area contributed by atoms with Crippen molar-refractivity contribution in [3.05, 3.63) is 39.4 Å². The first-order chi connectivity index (χ1) is 7.69. The average molecular weight is 394 g/mol. The van der Waals surface area contributed by atoms with Gasteiger partial charge in [-0.25, -0.2) is 0 Å². The highest BCUT2D eigenvalue weighted by atomic mass is 127. The van der Waals surface area contributed by atoms with Crippen molar-refractivity contribution in [3.8, 4) is 0 Å². The van der Waals surface area contributed by atoms with Gasteiger partial charge in [0.15, 0.2) is 0 Å². The van der Waals surface area contributed by atoms with Crippen molar-refractivity contribution >= 4 is 43.1 Å². The molecule has 1 aromatic heterocycles. The summed E-state index contributed by atoms with van der Waals surface area (Å²) in [5.41, 5.74) is 7.81. The number of allylic oxidation sites excluding steroid dienone is 1. The molecule has 0 spiro atoms. The van der Waals surface area contributed by atoms with Crippen LogP contribution in [-0.4, -0.2) is 16.1 Å². The van der Waals surface area contributed by atoms with E-state index in [4.69, 9.17) is 5.73 Å². The van der Waals surface area contributed by atoms with Crippen LogP contribution in [0.2, 0.25) is 0 Å². The monoisotopic (exact) mass is 393 g/mol. The molecule has 0 fully saturated rings. The molecule has 3 nitrogen and oxygen atoms in total. The lowest BCUT2D eigenvalue weighted by molar-refractivity contribution is 1.11. The molecule has 16 heavy (non-hydrogen) atoms. The van der Waals surface area contributed by atoms with Crippen LogP contribution >= 0.6 is 38.5 Å². The summed E-state index contributed by atoms with van der Waals surface area (Å²) in [6, 6.07) is 2.00. The average Bonchev–Trinajstić information content (AvgIpc) is 2.28. The molecule has 1 aromatic rings. The highest BCUT2D eigenvalue weighted by molar-refractivity contribution is 14.1. The molecule has 1 rings (SSSR count). The van der Waals surface area contributed by atoms with Gasteiger partial charge >= 0.3 is 0 Å². The first-order valence-corrected chi connectivity index (χ1v) is 6.75. The normalized spacial score (nSPS) is 12.9. The van der Waals surface area contributed by atoms with Crippen molar-refractivity contribution in [1.82, 2.24) is 4.98 Å². The highest BCUT2D eigenvalue weighted by Crippen LogP contribution is 2.17. The Balaban J connectivity index is 2.88. The van der Waals surface area contributed by atoms with Crippen LogP contribution in [0.15, 0.2) is 35.2 Å². The zero-order chi connectivity index (χ0) is 12.0. The standard InChI is InChI=1S/C11H13BrIN3/c1-2-16-11(12)9(6-14)5-8-3-4-15-7-10(8)13/h3-4,6-7H,2,5,14H2,1H3. The summed E-state index contributed by atoms with van der Waals surface area (Å²) in [6.07, 6.45) is 5.99. The Kier molecular flexibility index (Phi) is 5.97. The van der Waals surface area contributed by atoms with E-state index in [0.29, 0.717) is 0 Å². The van der Waals surface area contributed by atoms with Crippen LogP contribution in [-0.2, 0) is 6.42 Å². The van der Waals surface area contributed by atoms with E-state index in [0.717, 1.165) is 26.7 Å². The van der Waals surface area contributed by atoms with Gasteiger partial charge in [-0.2, -0.15) is 0 Å². The fourth-order valence-electron chi connectivity index (χ4n) is 1.19. The van der Waals surface area contributed by atoms with Gasteiger partial charge in [-0.3, -0.25) is 9.98 Å². The van der Waals surface area contributed by atoms with Gasteiger partial charge in [-0.15, -0.1) is 0 Å². The topological polar surface area (TPSA) is 51.3 Å². The van der Waals surface area contributed by atoms with Gasteiger partial charge in [0.1, 0.15) is 4.62 Å². The lowest BCUT2D eigenvalue weighted by atomic mass is 10.1. The Morgan fingerprint density at radius 3 is 3.00 bits per heavy atom. The summed E-state index contributed by atoms with van der Waals surface area (Å²) in [5, 5.41) is 0. The van der Waals surface area contributed by atoms with E-state index < -0.39 is 0 Å². The largest absolute Gasteiger partial charge is 0.404 e. The highest BCUT2D eigenvalue weighted by Gasteiger charge is 2.06. The minimum Gasteiger partial charge on any atom is -0.404 e. The van der Waals surface area contributed by atoms with Gasteiger partial charge in [-0.1, -0.05) is 0 Å². The van der Waals surface area contributed by atoms with Crippen LogP contribution in [0.3, 0.4) is 0 Å². The second-order valence-corrected chi connectivity index (χ2v) is 5.01. The second kappa shape index (κ2) is 7.01. The minimum absolute atomic E-state index is 0.741. The molecule has 0 aliphatic carbocycles. The minimum atomic E-state index is 0.741. The Hall–Kier alpha value is -0.430. The van der Waals surface area contributed by atoms with Gasteiger partial charge in [0.2, 0.25) is 0 Å². The number of hydrogen-bond acceptors (Lipinski definition) is 3. The lowest BCUT2D eigenvalue weighted by Crippen LogP contribution is -2.03. The van der Waals surface area contributed by atoms with E-state index in [9.17, 15) is 0 Å². The molecule has 0 saturated carbocycles. The molecule has 0 atom stereocenters.